The van der Waals surface area contributed by atoms with Gasteiger partial charge in [0, 0.05) is 0 Å². The number of carbonyl (C=O) groups excluding carboxylic acids is 1. The standard InChI is InChI=1S/C18H14O3/c1-11(19)18-15-5-3-2-4-14(15)16(10-17(18)21)12-6-8-13(20)9-7-12/h2-10,20-21H,1H3. The third-order valence-corrected chi connectivity index (χ3v) is 3.55. The SMILES string of the molecule is CC(=O)c1c(O)cc(-c2ccc(O)cc2)c2ccccc12. The fourth-order valence-electron chi connectivity index (χ4n) is 2.61. The maximum absolute atomic E-state index is 11.8. The van der Waals surface area contributed by atoms with Crippen LogP contribution in [0.15, 0.2) is 54.6 Å². The summed E-state index contributed by atoms with van der Waals surface area (Å²) in [7, 11) is 0. The van der Waals surface area contributed by atoms with Gasteiger partial charge in [0.25, 0.3) is 0 Å². The highest BCUT2D eigenvalue weighted by Gasteiger charge is 2.15. The van der Waals surface area contributed by atoms with Gasteiger partial charge in [0.15, 0.2) is 5.78 Å². The number of hydrogen-bond acceptors (Lipinski definition) is 3. The van der Waals surface area contributed by atoms with Gasteiger partial charge in [-0.2, -0.15) is 0 Å². The molecule has 0 saturated heterocycles. The summed E-state index contributed by atoms with van der Waals surface area (Å²) in [5.74, 6) is -0.00198. The van der Waals surface area contributed by atoms with Crippen LogP contribution < -0.4 is 0 Å². The van der Waals surface area contributed by atoms with Crippen LogP contribution >= 0.6 is 0 Å². The maximum Gasteiger partial charge on any atom is 0.164 e. The van der Waals surface area contributed by atoms with Gasteiger partial charge in [-0.15, -0.1) is 0 Å². The van der Waals surface area contributed by atoms with Crippen LogP contribution in [0, 0.1) is 0 Å². The molecule has 0 bridgehead atoms. The number of benzene rings is 3. The molecular formula is C18H14O3. The number of phenolic OH excluding ortho intramolecular Hbond substituents is 2. The molecule has 0 aliphatic carbocycles. The second kappa shape index (κ2) is 4.94. The molecule has 0 amide bonds. The van der Waals surface area contributed by atoms with Crippen molar-refractivity contribution in [2.24, 2.45) is 0 Å². The number of rotatable bonds is 2. The summed E-state index contributed by atoms with van der Waals surface area (Å²) in [5.41, 5.74) is 2.04. The molecule has 0 fully saturated rings. The van der Waals surface area contributed by atoms with Gasteiger partial charge in [-0.05, 0) is 47.0 Å². The lowest BCUT2D eigenvalue weighted by molar-refractivity contribution is 0.101. The van der Waals surface area contributed by atoms with Crippen molar-refractivity contribution in [2.75, 3.05) is 0 Å². The number of ketones is 1. The summed E-state index contributed by atoms with van der Waals surface area (Å²) >= 11 is 0. The van der Waals surface area contributed by atoms with Crippen molar-refractivity contribution in [3.05, 3.63) is 60.2 Å². The Morgan fingerprint density at radius 1 is 0.905 bits per heavy atom. The van der Waals surface area contributed by atoms with Crippen LogP contribution in [0.2, 0.25) is 0 Å². The molecular weight excluding hydrogens is 264 g/mol. The van der Waals surface area contributed by atoms with Crippen LogP contribution in [0.3, 0.4) is 0 Å². The zero-order valence-corrected chi connectivity index (χ0v) is 11.5. The molecule has 3 aromatic carbocycles. The van der Waals surface area contributed by atoms with E-state index in [9.17, 15) is 15.0 Å². The average Bonchev–Trinajstić information content (AvgIpc) is 2.47. The summed E-state index contributed by atoms with van der Waals surface area (Å²) in [4.78, 5) is 11.8. The van der Waals surface area contributed by atoms with Crippen molar-refractivity contribution in [3.8, 4) is 22.6 Å². The molecule has 2 N–H and O–H groups in total. The summed E-state index contributed by atoms with van der Waals surface area (Å²) in [6, 6.07) is 15.8. The maximum atomic E-state index is 11.8. The summed E-state index contributed by atoms with van der Waals surface area (Å²) in [6.45, 7) is 1.45. The lowest BCUT2D eigenvalue weighted by Crippen LogP contribution is -1.96. The van der Waals surface area contributed by atoms with Crippen LogP contribution in [0.1, 0.15) is 17.3 Å². The number of aromatic hydroxyl groups is 2. The first-order valence-corrected chi connectivity index (χ1v) is 6.63. The molecule has 0 aliphatic rings. The Kier molecular flexibility index (Phi) is 3.10. The molecule has 3 rings (SSSR count). The molecule has 0 unspecified atom stereocenters. The van der Waals surface area contributed by atoms with E-state index < -0.39 is 0 Å². The quantitative estimate of drug-likeness (QED) is 0.693. The number of fused-ring (bicyclic) bond motifs is 1. The van der Waals surface area contributed by atoms with Gasteiger partial charge < -0.3 is 10.2 Å². The molecule has 0 aromatic heterocycles. The minimum atomic E-state index is -0.166. The molecule has 3 nitrogen and oxygen atoms in total. The molecule has 0 spiro atoms. The predicted octanol–water partition coefficient (Wildman–Crippen LogP) is 4.12. The third kappa shape index (κ3) is 2.23. The number of hydrogen-bond donors (Lipinski definition) is 2. The van der Waals surface area contributed by atoms with E-state index in [0.717, 1.165) is 21.9 Å². The van der Waals surface area contributed by atoms with E-state index in [1.54, 1.807) is 30.3 Å². The van der Waals surface area contributed by atoms with Gasteiger partial charge >= 0.3 is 0 Å². The molecule has 0 radical (unpaired) electrons. The zero-order chi connectivity index (χ0) is 15.0. The fourth-order valence-corrected chi connectivity index (χ4v) is 2.61. The molecule has 104 valence electrons. The number of Topliss-reactive ketones (excluding diaryl/α,β-unsaturated/α-hetero) is 1. The highest BCUT2D eigenvalue weighted by Crippen LogP contribution is 2.36. The fraction of sp³-hybridized carbons (Fsp3) is 0.0556. The smallest absolute Gasteiger partial charge is 0.164 e. The molecule has 3 heteroatoms. The molecule has 0 aliphatic heterocycles. The summed E-state index contributed by atoms with van der Waals surface area (Å²) in [5, 5.41) is 21.2. The van der Waals surface area contributed by atoms with Gasteiger partial charge in [0.2, 0.25) is 0 Å². The van der Waals surface area contributed by atoms with Gasteiger partial charge in [-0.3, -0.25) is 4.79 Å². The highest BCUT2D eigenvalue weighted by molar-refractivity contribution is 6.13. The largest absolute Gasteiger partial charge is 0.508 e. The Labute approximate surface area is 122 Å². The van der Waals surface area contributed by atoms with E-state index >= 15 is 0 Å². The van der Waals surface area contributed by atoms with E-state index in [0.29, 0.717) is 5.56 Å². The lowest BCUT2D eigenvalue weighted by atomic mass is 9.93. The first-order chi connectivity index (χ1) is 10.1. The average molecular weight is 278 g/mol. The number of carbonyl (C=O) groups is 1. The molecule has 0 heterocycles. The van der Waals surface area contributed by atoms with Crippen molar-refractivity contribution in [2.45, 2.75) is 6.92 Å². The van der Waals surface area contributed by atoms with Crippen molar-refractivity contribution < 1.29 is 15.0 Å². The monoisotopic (exact) mass is 278 g/mol. The second-order valence-corrected chi connectivity index (χ2v) is 4.97. The Balaban J connectivity index is 2.37. The van der Waals surface area contributed by atoms with Gasteiger partial charge in [-0.25, -0.2) is 0 Å². The Morgan fingerprint density at radius 2 is 1.52 bits per heavy atom. The second-order valence-electron chi connectivity index (χ2n) is 4.97. The molecule has 3 aromatic rings. The van der Waals surface area contributed by atoms with Crippen molar-refractivity contribution >= 4 is 16.6 Å². The minimum absolute atomic E-state index is 0.0238. The number of phenols is 2. The Hall–Kier alpha value is -2.81. The van der Waals surface area contributed by atoms with Gasteiger partial charge in [0.1, 0.15) is 11.5 Å². The van der Waals surface area contributed by atoms with Crippen LogP contribution in [0.25, 0.3) is 21.9 Å². The van der Waals surface area contributed by atoms with Gasteiger partial charge in [0.05, 0.1) is 5.56 Å². The molecule has 0 saturated carbocycles. The first kappa shape index (κ1) is 13.2. The Morgan fingerprint density at radius 3 is 2.14 bits per heavy atom. The third-order valence-electron chi connectivity index (χ3n) is 3.55. The first-order valence-electron chi connectivity index (χ1n) is 6.63. The molecule has 0 atom stereocenters. The van der Waals surface area contributed by atoms with E-state index in [1.165, 1.54) is 6.92 Å². The normalized spacial score (nSPS) is 10.7. The van der Waals surface area contributed by atoms with Crippen LogP contribution in [-0.4, -0.2) is 16.0 Å². The summed E-state index contributed by atoms with van der Waals surface area (Å²) in [6.07, 6.45) is 0. The lowest BCUT2D eigenvalue weighted by Gasteiger charge is -2.12. The minimum Gasteiger partial charge on any atom is -0.508 e. The Bertz CT molecular complexity index is 833. The summed E-state index contributed by atoms with van der Waals surface area (Å²) < 4.78 is 0. The van der Waals surface area contributed by atoms with E-state index in [1.807, 2.05) is 24.3 Å². The van der Waals surface area contributed by atoms with E-state index in [-0.39, 0.29) is 17.3 Å². The molecule has 21 heavy (non-hydrogen) atoms. The van der Waals surface area contributed by atoms with Crippen LogP contribution in [0.5, 0.6) is 11.5 Å². The van der Waals surface area contributed by atoms with Crippen molar-refractivity contribution in [3.63, 3.8) is 0 Å². The topological polar surface area (TPSA) is 57.5 Å². The van der Waals surface area contributed by atoms with Crippen molar-refractivity contribution in [1.29, 1.82) is 0 Å². The van der Waals surface area contributed by atoms with Crippen LogP contribution in [0.4, 0.5) is 0 Å². The van der Waals surface area contributed by atoms with Gasteiger partial charge in [-0.1, -0.05) is 36.4 Å². The van der Waals surface area contributed by atoms with E-state index in [4.69, 9.17) is 0 Å². The predicted molar refractivity (Wildman–Crippen MR) is 82.7 cm³/mol. The highest BCUT2D eigenvalue weighted by atomic mass is 16.3. The van der Waals surface area contributed by atoms with Crippen molar-refractivity contribution in [1.82, 2.24) is 0 Å². The zero-order valence-electron chi connectivity index (χ0n) is 11.5. The van der Waals surface area contributed by atoms with Crippen LogP contribution in [-0.2, 0) is 0 Å². The van der Waals surface area contributed by atoms with E-state index in [2.05, 4.69) is 0 Å².